The highest BCUT2D eigenvalue weighted by Gasteiger charge is 2.37. The third-order valence-electron chi connectivity index (χ3n) is 4.26. The molecule has 1 aromatic carbocycles. The molecule has 1 aliphatic rings. The average molecular weight is 355 g/mol. The number of para-hydroxylation sites is 1. The summed E-state index contributed by atoms with van der Waals surface area (Å²) in [5.41, 5.74) is 1.88. The quantitative estimate of drug-likeness (QED) is 0.829. The smallest absolute Gasteiger partial charge is 0.196 e. The SMILES string of the molecule is CCOC1=Nc2c(NC(C)(C)C)nc3ccccc3c2C1CC(C)(C)O. The predicted octanol–water partition coefficient (Wildman–Crippen LogP) is 4.77. The zero-order chi connectivity index (χ0) is 19.1. The minimum Gasteiger partial charge on any atom is -0.481 e. The maximum absolute atomic E-state index is 10.5. The number of hydrogen-bond acceptors (Lipinski definition) is 5. The van der Waals surface area contributed by atoms with Crippen molar-refractivity contribution < 1.29 is 9.84 Å². The van der Waals surface area contributed by atoms with Crippen LogP contribution in [0, 0.1) is 0 Å². The summed E-state index contributed by atoms with van der Waals surface area (Å²) in [5.74, 6) is 1.35. The maximum Gasteiger partial charge on any atom is 0.196 e. The van der Waals surface area contributed by atoms with E-state index in [4.69, 9.17) is 14.7 Å². The van der Waals surface area contributed by atoms with Gasteiger partial charge in [0.25, 0.3) is 0 Å². The van der Waals surface area contributed by atoms with Gasteiger partial charge in [0.1, 0.15) is 5.69 Å². The summed E-state index contributed by atoms with van der Waals surface area (Å²) >= 11 is 0. The molecule has 140 valence electrons. The first-order chi connectivity index (χ1) is 12.1. The summed E-state index contributed by atoms with van der Waals surface area (Å²) < 4.78 is 5.86. The van der Waals surface area contributed by atoms with Crippen LogP contribution in [0.25, 0.3) is 10.9 Å². The fourth-order valence-corrected chi connectivity index (χ4v) is 3.42. The molecule has 3 rings (SSSR count). The number of ether oxygens (including phenoxy) is 1. The van der Waals surface area contributed by atoms with E-state index in [9.17, 15) is 5.11 Å². The van der Waals surface area contributed by atoms with E-state index in [0.717, 1.165) is 28.0 Å². The molecule has 2 heterocycles. The zero-order valence-corrected chi connectivity index (χ0v) is 16.6. The number of aromatic nitrogens is 1. The molecule has 1 aromatic heterocycles. The van der Waals surface area contributed by atoms with Crippen LogP contribution in [0.3, 0.4) is 0 Å². The van der Waals surface area contributed by atoms with Crippen molar-refractivity contribution in [2.45, 2.75) is 65.0 Å². The zero-order valence-electron chi connectivity index (χ0n) is 16.6. The number of aliphatic hydroxyl groups is 1. The van der Waals surface area contributed by atoms with Crippen LogP contribution < -0.4 is 5.32 Å². The molecule has 2 N–H and O–H groups in total. The van der Waals surface area contributed by atoms with Gasteiger partial charge in [-0.05, 0) is 54.0 Å². The summed E-state index contributed by atoms with van der Waals surface area (Å²) in [6.07, 6.45) is 0.543. The standard InChI is InChI=1S/C21H29N3O2/c1-7-26-19-14(12-21(5,6)25)16-13-10-8-9-11-15(13)22-18(17(16)23-19)24-20(2,3)4/h8-11,14,25H,7,12H2,1-6H3,(H,22,24). The van der Waals surface area contributed by atoms with E-state index in [1.807, 2.05) is 39.0 Å². The molecule has 0 saturated heterocycles. The molecule has 5 nitrogen and oxygen atoms in total. The number of pyridine rings is 1. The molecule has 0 radical (unpaired) electrons. The molecule has 1 atom stereocenters. The van der Waals surface area contributed by atoms with Crippen LogP contribution in [0.2, 0.25) is 0 Å². The topological polar surface area (TPSA) is 66.7 Å². The van der Waals surface area contributed by atoms with Crippen molar-refractivity contribution in [3.63, 3.8) is 0 Å². The summed E-state index contributed by atoms with van der Waals surface area (Å²) in [4.78, 5) is 9.62. The fourth-order valence-electron chi connectivity index (χ4n) is 3.42. The normalized spacial score (nSPS) is 17.2. The van der Waals surface area contributed by atoms with Crippen LogP contribution in [0.15, 0.2) is 29.3 Å². The highest BCUT2D eigenvalue weighted by molar-refractivity contribution is 6.03. The van der Waals surface area contributed by atoms with Gasteiger partial charge >= 0.3 is 0 Å². The van der Waals surface area contributed by atoms with Crippen LogP contribution >= 0.6 is 0 Å². The van der Waals surface area contributed by atoms with Gasteiger partial charge in [0.15, 0.2) is 11.7 Å². The van der Waals surface area contributed by atoms with Crippen molar-refractivity contribution in [2.75, 3.05) is 11.9 Å². The molecule has 0 spiro atoms. The largest absolute Gasteiger partial charge is 0.481 e. The van der Waals surface area contributed by atoms with Gasteiger partial charge in [-0.25, -0.2) is 9.98 Å². The Hall–Kier alpha value is -2.14. The van der Waals surface area contributed by atoms with E-state index in [0.29, 0.717) is 18.9 Å². The van der Waals surface area contributed by atoms with E-state index in [1.165, 1.54) is 0 Å². The van der Waals surface area contributed by atoms with E-state index in [2.05, 4.69) is 32.2 Å². The lowest BCUT2D eigenvalue weighted by molar-refractivity contribution is 0.0669. The minimum absolute atomic E-state index is 0.0848. The summed E-state index contributed by atoms with van der Waals surface area (Å²) in [7, 11) is 0. The first kappa shape index (κ1) is 18.6. The van der Waals surface area contributed by atoms with Gasteiger partial charge in [-0.2, -0.15) is 0 Å². The number of aliphatic imine (C=N–C) groups is 1. The molecule has 0 fully saturated rings. The lowest BCUT2D eigenvalue weighted by Crippen LogP contribution is -2.27. The Morgan fingerprint density at radius 1 is 1.15 bits per heavy atom. The van der Waals surface area contributed by atoms with Crippen molar-refractivity contribution in [3.8, 4) is 0 Å². The first-order valence-electron chi connectivity index (χ1n) is 9.23. The second-order valence-electron chi connectivity index (χ2n) is 8.57. The highest BCUT2D eigenvalue weighted by Crippen LogP contribution is 2.47. The molecule has 0 aliphatic carbocycles. The average Bonchev–Trinajstić information content (AvgIpc) is 2.84. The first-order valence-corrected chi connectivity index (χ1v) is 9.23. The third kappa shape index (κ3) is 3.83. The Morgan fingerprint density at radius 2 is 1.85 bits per heavy atom. The van der Waals surface area contributed by atoms with Crippen LogP contribution in [-0.2, 0) is 4.74 Å². The van der Waals surface area contributed by atoms with Crippen LogP contribution in [0.5, 0.6) is 0 Å². The maximum atomic E-state index is 10.5. The van der Waals surface area contributed by atoms with E-state index in [1.54, 1.807) is 0 Å². The number of rotatable bonds is 4. The van der Waals surface area contributed by atoms with Gasteiger partial charge in [-0.15, -0.1) is 0 Å². The van der Waals surface area contributed by atoms with E-state index in [-0.39, 0.29) is 11.5 Å². The van der Waals surface area contributed by atoms with Crippen molar-refractivity contribution in [1.29, 1.82) is 0 Å². The van der Waals surface area contributed by atoms with Crippen molar-refractivity contribution in [2.24, 2.45) is 4.99 Å². The lowest BCUT2D eigenvalue weighted by Gasteiger charge is -2.25. The van der Waals surface area contributed by atoms with Gasteiger partial charge in [0.2, 0.25) is 0 Å². The Kier molecular flexibility index (Phi) is 4.69. The molecule has 2 aromatic rings. The number of nitrogens with zero attached hydrogens (tertiary/aromatic N) is 2. The van der Waals surface area contributed by atoms with E-state index < -0.39 is 5.60 Å². The number of fused-ring (bicyclic) bond motifs is 3. The minimum atomic E-state index is -0.827. The summed E-state index contributed by atoms with van der Waals surface area (Å²) in [6, 6.07) is 8.10. The van der Waals surface area contributed by atoms with Crippen molar-refractivity contribution in [1.82, 2.24) is 4.98 Å². The van der Waals surface area contributed by atoms with Crippen LogP contribution in [-0.4, -0.2) is 33.7 Å². The number of nitrogens with one attached hydrogen (secondary N) is 1. The molecule has 5 heteroatoms. The van der Waals surface area contributed by atoms with Gasteiger partial charge in [-0.3, -0.25) is 0 Å². The molecule has 26 heavy (non-hydrogen) atoms. The summed E-state index contributed by atoms with van der Waals surface area (Å²) in [5, 5.41) is 15.0. The Labute approximate surface area is 155 Å². The second-order valence-corrected chi connectivity index (χ2v) is 8.57. The molecule has 1 unspecified atom stereocenters. The number of anilines is 1. The van der Waals surface area contributed by atoms with Crippen LogP contribution in [0.4, 0.5) is 11.5 Å². The Morgan fingerprint density at radius 3 is 2.46 bits per heavy atom. The number of benzene rings is 1. The predicted molar refractivity (Wildman–Crippen MR) is 107 cm³/mol. The molecule has 0 saturated carbocycles. The van der Waals surface area contributed by atoms with Gasteiger partial charge < -0.3 is 15.2 Å². The summed E-state index contributed by atoms with van der Waals surface area (Å²) in [6.45, 7) is 12.5. The fraction of sp³-hybridized carbons (Fsp3) is 0.524. The Bertz CT molecular complexity index is 845. The third-order valence-corrected chi connectivity index (χ3v) is 4.26. The van der Waals surface area contributed by atoms with Crippen LogP contribution in [0.1, 0.15) is 59.4 Å². The monoisotopic (exact) mass is 355 g/mol. The van der Waals surface area contributed by atoms with Crippen molar-refractivity contribution >= 4 is 28.3 Å². The Balaban J connectivity index is 2.23. The van der Waals surface area contributed by atoms with Gasteiger partial charge in [0.05, 0.1) is 23.6 Å². The van der Waals surface area contributed by atoms with Gasteiger partial charge in [0, 0.05) is 16.5 Å². The van der Waals surface area contributed by atoms with E-state index >= 15 is 0 Å². The molecular formula is C21H29N3O2. The van der Waals surface area contributed by atoms with Gasteiger partial charge in [-0.1, -0.05) is 18.2 Å². The molecular weight excluding hydrogens is 326 g/mol. The molecule has 1 aliphatic heterocycles. The molecule has 0 bridgehead atoms. The lowest BCUT2D eigenvalue weighted by atomic mass is 9.86. The van der Waals surface area contributed by atoms with Crippen molar-refractivity contribution in [3.05, 3.63) is 29.8 Å². The number of hydrogen-bond donors (Lipinski definition) is 2. The highest BCUT2D eigenvalue weighted by atomic mass is 16.5. The second kappa shape index (κ2) is 6.54. The molecule has 0 amide bonds.